The maximum absolute atomic E-state index is 12.6. The van der Waals surface area contributed by atoms with E-state index in [1.54, 1.807) is 6.92 Å². The SMILES string of the molecule is COC[C@H](C)N1CN(C(C)=O)n2cc(C(=O)O)c(=O)c(O)c2C1=O. The lowest BCUT2D eigenvalue weighted by Gasteiger charge is -2.40. The molecule has 10 heteroatoms. The van der Waals surface area contributed by atoms with Gasteiger partial charge in [-0.15, -0.1) is 0 Å². The van der Waals surface area contributed by atoms with E-state index >= 15 is 0 Å². The van der Waals surface area contributed by atoms with Crippen LogP contribution < -0.4 is 10.4 Å². The lowest BCUT2D eigenvalue weighted by Crippen LogP contribution is -2.59. The molecule has 1 aromatic heterocycles. The zero-order valence-corrected chi connectivity index (χ0v) is 13.3. The van der Waals surface area contributed by atoms with Crippen molar-refractivity contribution in [2.45, 2.75) is 19.9 Å². The molecule has 1 aliphatic rings. The summed E-state index contributed by atoms with van der Waals surface area (Å²) in [5.41, 5.74) is -2.39. The van der Waals surface area contributed by atoms with Crippen LogP contribution in [0.2, 0.25) is 0 Å². The Morgan fingerprint density at radius 1 is 1.38 bits per heavy atom. The summed E-state index contributed by atoms with van der Waals surface area (Å²) in [6, 6.07) is -0.438. The van der Waals surface area contributed by atoms with E-state index in [0.717, 1.165) is 15.9 Å². The lowest BCUT2D eigenvalue weighted by molar-refractivity contribution is -0.118. The van der Waals surface area contributed by atoms with Crippen molar-refractivity contribution in [1.82, 2.24) is 9.58 Å². The number of methoxy groups -OCH3 is 1. The van der Waals surface area contributed by atoms with Gasteiger partial charge in [0.05, 0.1) is 12.6 Å². The molecule has 0 radical (unpaired) electrons. The van der Waals surface area contributed by atoms with Crippen LogP contribution in [0.1, 0.15) is 34.7 Å². The summed E-state index contributed by atoms with van der Waals surface area (Å²) in [7, 11) is 1.45. The van der Waals surface area contributed by atoms with Gasteiger partial charge in [-0.25, -0.2) is 14.5 Å². The molecule has 1 aromatic rings. The molecule has 0 saturated heterocycles. The molecule has 1 aliphatic heterocycles. The summed E-state index contributed by atoms with van der Waals surface area (Å²) in [6.45, 7) is 2.90. The van der Waals surface area contributed by atoms with Gasteiger partial charge in [0.15, 0.2) is 11.4 Å². The number of fused-ring (bicyclic) bond motifs is 1. The van der Waals surface area contributed by atoms with Crippen molar-refractivity contribution in [2.24, 2.45) is 0 Å². The zero-order valence-electron chi connectivity index (χ0n) is 13.3. The average molecular weight is 339 g/mol. The first-order chi connectivity index (χ1) is 11.2. The second kappa shape index (κ2) is 6.32. The number of carbonyl (C=O) groups excluding carboxylic acids is 2. The Morgan fingerprint density at radius 2 is 2.00 bits per heavy atom. The summed E-state index contributed by atoms with van der Waals surface area (Å²) in [5.74, 6) is -3.79. The number of rotatable bonds is 4. The van der Waals surface area contributed by atoms with Crippen molar-refractivity contribution in [3.63, 3.8) is 0 Å². The molecule has 0 aromatic carbocycles. The van der Waals surface area contributed by atoms with E-state index in [2.05, 4.69) is 0 Å². The Balaban J connectivity index is 2.69. The minimum atomic E-state index is -1.57. The largest absolute Gasteiger partial charge is 0.502 e. The molecule has 0 fully saturated rings. The second-order valence-corrected chi connectivity index (χ2v) is 5.36. The van der Waals surface area contributed by atoms with Gasteiger partial charge in [0.25, 0.3) is 5.91 Å². The van der Waals surface area contributed by atoms with Crippen LogP contribution in [-0.4, -0.2) is 64.0 Å². The molecular formula is C14H17N3O7. The van der Waals surface area contributed by atoms with E-state index in [-0.39, 0.29) is 13.3 Å². The predicted molar refractivity (Wildman–Crippen MR) is 80.6 cm³/mol. The highest BCUT2D eigenvalue weighted by Crippen LogP contribution is 2.22. The fraction of sp³-hybridized carbons (Fsp3) is 0.429. The Bertz CT molecular complexity index is 770. The number of ether oxygens (including phenoxy) is 1. The molecule has 0 spiro atoms. The number of pyridine rings is 1. The molecular weight excluding hydrogens is 322 g/mol. The summed E-state index contributed by atoms with van der Waals surface area (Å²) in [6.07, 6.45) is 0.858. The van der Waals surface area contributed by atoms with Crippen molar-refractivity contribution in [1.29, 1.82) is 0 Å². The number of carboxylic acids is 1. The first-order valence-corrected chi connectivity index (χ1v) is 7.00. The van der Waals surface area contributed by atoms with Crippen LogP contribution in [0, 0.1) is 0 Å². The Morgan fingerprint density at radius 3 is 2.50 bits per heavy atom. The highest BCUT2D eigenvalue weighted by molar-refractivity contribution is 6.00. The highest BCUT2D eigenvalue weighted by Gasteiger charge is 2.37. The van der Waals surface area contributed by atoms with Gasteiger partial charge in [-0.2, -0.15) is 0 Å². The quantitative estimate of drug-likeness (QED) is 0.733. The van der Waals surface area contributed by atoms with Gasteiger partial charge >= 0.3 is 5.97 Å². The minimum absolute atomic E-state index is 0.174. The van der Waals surface area contributed by atoms with Crippen molar-refractivity contribution in [2.75, 3.05) is 25.4 Å². The number of nitrogens with zero attached hydrogens (tertiary/aromatic N) is 3. The summed E-state index contributed by atoms with van der Waals surface area (Å²) in [4.78, 5) is 48.9. The van der Waals surface area contributed by atoms with Gasteiger partial charge in [-0.05, 0) is 6.92 Å². The molecule has 1 atom stereocenters. The molecule has 0 unspecified atom stereocenters. The summed E-state index contributed by atoms with van der Waals surface area (Å²) in [5, 5.41) is 20.2. The second-order valence-electron chi connectivity index (χ2n) is 5.36. The lowest BCUT2D eigenvalue weighted by atomic mass is 10.1. The fourth-order valence-corrected chi connectivity index (χ4v) is 2.47. The monoisotopic (exact) mass is 339 g/mol. The van der Waals surface area contributed by atoms with E-state index in [4.69, 9.17) is 9.84 Å². The summed E-state index contributed by atoms with van der Waals surface area (Å²) < 4.78 is 5.89. The molecule has 0 bridgehead atoms. The standard InChI is InChI=1S/C14H17N3O7/c1-7(5-24-3)15-6-17(8(2)18)16-4-9(14(22)23)11(19)12(20)10(16)13(15)21/h4,7,20H,5-6H2,1-3H3,(H,22,23)/t7-/m0/s1. The molecule has 0 aliphatic carbocycles. The Hall–Kier alpha value is -2.88. The van der Waals surface area contributed by atoms with E-state index in [9.17, 15) is 24.3 Å². The van der Waals surface area contributed by atoms with E-state index < -0.39 is 46.3 Å². The topological polar surface area (TPSA) is 129 Å². The number of carboxylic acid groups (broad SMARTS) is 1. The van der Waals surface area contributed by atoms with Crippen LogP contribution in [0.5, 0.6) is 5.75 Å². The van der Waals surface area contributed by atoms with Gasteiger partial charge < -0.3 is 19.8 Å². The number of amides is 2. The molecule has 0 saturated carbocycles. The fourth-order valence-electron chi connectivity index (χ4n) is 2.47. The van der Waals surface area contributed by atoms with E-state index in [1.165, 1.54) is 18.9 Å². The van der Waals surface area contributed by atoms with Crippen LogP contribution >= 0.6 is 0 Å². The maximum atomic E-state index is 12.6. The molecule has 2 rings (SSSR count). The normalized spacial score (nSPS) is 15.2. The smallest absolute Gasteiger partial charge is 0.341 e. The van der Waals surface area contributed by atoms with Crippen LogP contribution in [0.15, 0.2) is 11.0 Å². The maximum Gasteiger partial charge on any atom is 0.341 e. The first kappa shape index (κ1) is 17.5. The number of aromatic hydroxyl groups is 1. The van der Waals surface area contributed by atoms with Crippen LogP contribution in [0.4, 0.5) is 0 Å². The zero-order chi connectivity index (χ0) is 18.2. The Labute approximate surface area is 136 Å². The van der Waals surface area contributed by atoms with Crippen LogP contribution in [0.3, 0.4) is 0 Å². The third-order valence-electron chi connectivity index (χ3n) is 3.71. The van der Waals surface area contributed by atoms with Crippen molar-refractivity contribution < 1.29 is 29.3 Å². The molecule has 2 amide bonds. The molecule has 2 N–H and O–H groups in total. The number of hydrogen-bond donors (Lipinski definition) is 2. The Kier molecular flexibility index (Phi) is 4.60. The number of hydrogen-bond acceptors (Lipinski definition) is 6. The van der Waals surface area contributed by atoms with Gasteiger partial charge in [0, 0.05) is 20.2 Å². The number of aromatic carboxylic acids is 1. The van der Waals surface area contributed by atoms with E-state index in [1.807, 2.05) is 0 Å². The minimum Gasteiger partial charge on any atom is -0.502 e. The number of carbonyl (C=O) groups is 3. The van der Waals surface area contributed by atoms with Crippen LogP contribution in [0.25, 0.3) is 0 Å². The van der Waals surface area contributed by atoms with Gasteiger partial charge in [0.2, 0.25) is 11.3 Å². The van der Waals surface area contributed by atoms with Crippen molar-refractivity contribution in [3.05, 3.63) is 27.7 Å². The molecule has 130 valence electrons. The third kappa shape index (κ3) is 2.71. The average Bonchev–Trinajstić information content (AvgIpc) is 2.50. The van der Waals surface area contributed by atoms with Crippen molar-refractivity contribution in [3.8, 4) is 5.75 Å². The molecule has 10 nitrogen and oxygen atoms in total. The third-order valence-corrected chi connectivity index (χ3v) is 3.71. The first-order valence-electron chi connectivity index (χ1n) is 7.00. The van der Waals surface area contributed by atoms with E-state index in [0.29, 0.717) is 0 Å². The van der Waals surface area contributed by atoms with Crippen molar-refractivity contribution >= 4 is 17.8 Å². The highest BCUT2D eigenvalue weighted by atomic mass is 16.5. The number of aromatic nitrogens is 1. The summed E-state index contributed by atoms with van der Waals surface area (Å²) >= 11 is 0. The van der Waals surface area contributed by atoms with Gasteiger partial charge in [-0.1, -0.05) is 0 Å². The molecule has 24 heavy (non-hydrogen) atoms. The van der Waals surface area contributed by atoms with Gasteiger partial charge in [-0.3, -0.25) is 14.4 Å². The van der Waals surface area contributed by atoms with Gasteiger partial charge in [0.1, 0.15) is 12.2 Å². The van der Waals surface area contributed by atoms with Crippen LogP contribution in [-0.2, 0) is 9.53 Å². The molecule has 2 heterocycles. The predicted octanol–water partition coefficient (Wildman–Crippen LogP) is -0.815.